The van der Waals surface area contributed by atoms with E-state index in [9.17, 15) is 13.2 Å². The highest BCUT2D eigenvalue weighted by Crippen LogP contribution is 2.34. The van der Waals surface area contributed by atoms with E-state index >= 15 is 0 Å². The molecule has 0 unspecified atom stereocenters. The molecule has 88 valence electrons. The topological polar surface area (TPSA) is 26.0 Å². The van der Waals surface area contributed by atoms with Gasteiger partial charge in [0, 0.05) is 11.3 Å². The second-order valence-electron chi connectivity index (χ2n) is 3.67. The third kappa shape index (κ3) is 2.41. The Labute approximate surface area is 96.7 Å². The summed E-state index contributed by atoms with van der Waals surface area (Å²) in [6.45, 7) is 0. The third-order valence-electron chi connectivity index (χ3n) is 2.47. The van der Waals surface area contributed by atoms with Crippen LogP contribution in [0.2, 0.25) is 0 Å². The zero-order valence-corrected chi connectivity index (χ0v) is 8.83. The normalized spacial score (nSPS) is 11.5. The minimum Gasteiger partial charge on any atom is -0.398 e. The smallest absolute Gasteiger partial charge is 0.398 e. The summed E-state index contributed by atoms with van der Waals surface area (Å²) in [5.41, 5.74) is 6.43. The molecule has 2 N–H and O–H groups in total. The minimum absolute atomic E-state index is 0.337. The number of hydrogen-bond donors (Lipinski definition) is 1. The molecule has 0 spiro atoms. The number of nitrogen functional groups attached to an aromatic ring is 1. The largest absolute Gasteiger partial charge is 0.416 e. The van der Waals surface area contributed by atoms with Crippen LogP contribution in [0.1, 0.15) is 5.56 Å². The van der Waals surface area contributed by atoms with Crippen LogP contribution in [0.3, 0.4) is 0 Å². The molecule has 17 heavy (non-hydrogen) atoms. The van der Waals surface area contributed by atoms with Gasteiger partial charge in [-0.3, -0.25) is 0 Å². The van der Waals surface area contributed by atoms with Gasteiger partial charge >= 0.3 is 6.18 Å². The lowest BCUT2D eigenvalue weighted by Crippen LogP contribution is -2.05. The van der Waals surface area contributed by atoms with Crippen molar-refractivity contribution >= 4 is 5.69 Å². The molecule has 4 heteroatoms. The van der Waals surface area contributed by atoms with Gasteiger partial charge < -0.3 is 5.73 Å². The molecule has 0 amide bonds. The van der Waals surface area contributed by atoms with Gasteiger partial charge in [0.25, 0.3) is 0 Å². The summed E-state index contributed by atoms with van der Waals surface area (Å²) >= 11 is 0. The summed E-state index contributed by atoms with van der Waals surface area (Å²) < 4.78 is 37.7. The van der Waals surface area contributed by atoms with Crippen LogP contribution in [0.25, 0.3) is 11.1 Å². The van der Waals surface area contributed by atoms with Gasteiger partial charge in [-0.05, 0) is 23.8 Å². The SMILES string of the molecule is Nc1ccc(C(F)(F)F)cc1-c1ccccc1. The van der Waals surface area contributed by atoms with Crippen molar-refractivity contribution in [1.82, 2.24) is 0 Å². The monoisotopic (exact) mass is 237 g/mol. The molecule has 0 aromatic heterocycles. The van der Waals surface area contributed by atoms with Gasteiger partial charge in [-0.15, -0.1) is 0 Å². The summed E-state index contributed by atoms with van der Waals surface area (Å²) in [6.07, 6.45) is -4.35. The van der Waals surface area contributed by atoms with Crippen molar-refractivity contribution in [2.45, 2.75) is 6.18 Å². The van der Waals surface area contributed by atoms with Crippen molar-refractivity contribution < 1.29 is 13.2 Å². The van der Waals surface area contributed by atoms with Crippen molar-refractivity contribution in [3.05, 3.63) is 54.1 Å². The van der Waals surface area contributed by atoms with E-state index in [1.54, 1.807) is 30.3 Å². The summed E-state index contributed by atoms with van der Waals surface area (Å²) in [5, 5.41) is 0. The van der Waals surface area contributed by atoms with E-state index in [1.807, 2.05) is 0 Å². The van der Waals surface area contributed by atoms with Crippen LogP contribution in [0.4, 0.5) is 18.9 Å². The van der Waals surface area contributed by atoms with Gasteiger partial charge in [0.1, 0.15) is 0 Å². The second kappa shape index (κ2) is 4.13. The predicted octanol–water partition coefficient (Wildman–Crippen LogP) is 3.95. The van der Waals surface area contributed by atoms with Crippen LogP contribution in [0.5, 0.6) is 0 Å². The molecule has 2 aromatic rings. The maximum Gasteiger partial charge on any atom is 0.416 e. The van der Waals surface area contributed by atoms with Crippen LogP contribution >= 0.6 is 0 Å². The molecular weight excluding hydrogens is 227 g/mol. The summed E-state index contributed by atoms with van der Waals surface area (Å²) in [7, 11) is 0. The Kier molecular flexibility index (Phi) is 2.79. The van der Waals surface area contributed by atoms with Crippen molar-refractivity contribution in [2.75, 3.05) is 5.73 Å². The van der Waals surface area contributed by atoms with Crippen LogP contribution < -0.4 is 5.73 Å². The number of hydrogen-bond acceptors (Lipinski definition) is 1. The van der Waals surface area contributed by atoms with Crippen LogP contribution in [0, 0.1) is 0 Å². The lowest BCUT2D eigenvalue weighted by atomic mass is 10.0. The van der Waals surface area contributed by atoms with E-state index < -0.39 is 11.7 Å². The molecule has 0 radical (unpaired) electrons. The molecule has 0 heterocycles. The van der Waals surface area contributed by atoms with Gasteiger partial charge in [0.15, 0.2) is 0 Å². The maximum atomic E-state index is 12.6. The minimum atomic E-state index is -4.35. The standard InChI is InChI=1S/C13H10F3N/c14-13(15,16)10-6-7-12(17)11(8-10)9-4-2-1-3-5-9/h1-8H,17H2. The predicted molar refractivity (Wildman–Crippen MR) is 61.3 cm³/mol. The zero-order chi connectivity index (χ0) is 12.5. The lowest BCUT2D eigenvalue weighted by molar-refractivity contribution is -0.137. The Morgan fingerprint density at radius 1 is 0.882 bits per heavy atom. The lowest BCUT2D eigenvalue weighted by Gasteiger charge is -2.11. The molecule has 0 fully saturated rings. The molecule has 1 nitrogen and oxygen atoms in total. The first-order valence-electron chi connectivity index (χ1n) is 5.00. The Bertz CT molecular complexity index is 518. The van der Waals surface area contributed by atoms with Gasteiger partial charge in [-0.25, -0.2) is 0 Å². The number of halogens is 3. The maximum absolute atomic E-state index is 12.6. The molecule has 0 saturated heterocycles. The molecule has 0 aliphatic carbocycles. The fourth-order valence-electron chi connectivity index (χ4n) is 1.60. The number of anilines is 1. The van der Waals surface area contributed by atoms with E-state index in [1.165, 1.54) is 6.07 Å². The molecule has 0 aliphatic heterocycles. The first kappa shape index (κ1) is 11.5. The summed E-state index contributed by atoms with van der Waals surface area (Å²) in [5.74, 6) is 0. The van der Waals surface area contributed by atoms with Crippen molar-refractivity contribution in [1.29, 1.82) is 0 Å². The quantitative estimate of drug-likeness (QED) is 0.746. The fourth-order valence-corrected chi connectivity index (χ4v) is 1.60. The first-order chi connectivity index (χ1) is 7.98. The van der Waals surface area contributed by atoms with Gasteiger partial charge in [0.2, 0.25) is 0 Å². The number of alkyl halides is 3. The molecule has 0 atom stereocenters. The van der Waals surface area contributed by atoms with E-state index in [0.29, 0.717) is 16.8 Å². The fraction of sp³-hybridized carbons (Fsp3) is 0.0769. The molecule has 0 bridgehead atoms. The van der Waals surface area contributed by atoms with E-state index in [4.69, 9.17) is 5.73 Å². The molecule has 0 aliphatic rings. The summed E-state index contributed by atoms with van der Waals surface area (Å²) in [4.78, 5) is 0. The van der Waals surface area contributed by atoms with E-state index in [-0.39, 0.29) is 0 Å². The first-order valence-corrected chi connectivity index (χ1v) is 5.00. The molecule has 0 saturated carbocycles. The van der Waals surface area contributed by atoms with Crippen molar-refractivity contribution in [2.24, 2.45) is 0 Å². The molecule has 2 aromatic carbocycles. The molecular formula is C13H10F3N. The van der Waals surface area contributed by atoms with Crippen molar-refractivity contribution in [3.63, 3.8) is 0 Å². The second-order valence-corrected chi connectivity index (χ2v) is 3.67. The number of benzene rings is 2. The Hall–Kier alpha value is -1.97. The Morgan fingerprint density at radius 3 is 2.12 bits per heavy atom. The van der Waals surface area contributed by atoms with E-state index in [2.05, 4.69) is 0 Å². The van der Waals surface area contributed by atoms with Gasteiger partial charge in [-0.2, -0.15) is 13.2 Å². The van der Waals surface area contributed by atoms with Gasteiger partial charge in [0.05, 0.1) is 5.56 Å². The highest BCUT2D eigenvalue weighted by molar-refractivity contribution is 5.76. The Balaban J connectivity index is 2.55. The van der Waals surface area contributed by atoms with E-state index in [0.717, 1.165) is 12.1 Å². The summed E-state index contributed by atoms with van der Waals surface area (Å²) in [6, 6.07) is 12.1. The van der Waals surface area contributed by atoms with Crippen LogP contribution in [0.15, 0.2) is 48.5 Å². The third-order valence-corrected chi connectivity index (χ3v) is 2.47. The number of rotatable bonds is 1. The van der Waals surface area contributed by atoms with Crippen LogP contribution in [-0.4, -0.2) is 0 Å². The zero-order valence-electron chi connectivity index (χ0n) is 8.83. The number of nitrogens with two attached hydrogens (primary N) is 1. The van der Waals surface area contributed by atoms with Crippen LogP contribution in [-0.2, 0) is 6.18 Å². The Morgan fingerprint density at radius 2 is 1.53 bits per heavy atom. The van der Waals surface area contributed by atoms with Gasteiger partial charge in [-0.1, -0.05) is 30.3 Å². The highest BCUT2D eigenvalue weighted by Gasteiger charge is 2.30. The molecule has 2 rings (SSSR count). The van der Waals surface area contributed by atoms with Crippen molar-refractivity contribution in [3.8, 4) is 11.1 Å². The highest BCUT2D eigenvalue weighted by atomic mass is 19.4. The average molecular weight is 237 g/mol. The average Bonchev–Trinajstić information content (AvgIpc) is 2.29.